The van der Waals surface area contributed by atoms with E-state index < -0.39 is 0 Å². The zero-order chi connectivity index (χ0) is 19.5. The number of hydrogen-bond donors (Lipinski definition) is 2. The molecule has 1 heterocycles. The first kappa shape index (κ1) is 18.2. The SMILES string of the molecule is O=C(/C=C/c1ccc(Cl)cc1)Nc1ccc(O)c(-c2nc3ccccc3s2)c1. The Kier molecular flexibility index (Phi) is 5.10. The quantitative estimate of drug-likeness (QED) is 0.324. The fourth-order valence-corrected chi connectivity index (χ4v) is 3.82. The third-order valence-corrected chi connectivity index (χ3v) is 5.41. The van der Waals surface area contributed by atoms with Gasteiger partial charge in [-0.2, -0.15) is 0 Å². The third kappa shape index (κ3) is 4.06. The van der Waals surface area contributed by atoms with Gasteiger partial charge < -0.3 is 10.4 Å². The first-order valence-corrected chi connectivity index (χ1v) is 9.71. The number of benzene rings is 3. The van der Waals surface area contributed by atoms with Gasteiger partial charge in [-0.15, -0.1) is 11.3 Å². The minimum absolute atomic E-state index is 0.119. The lowest BCUT2D eigenvalue weighted by atomic mass is 10.1. The number of carbonyl (C=O) groups is 1. The van der Waals surface area contributed by atoms with Gasteiger partial charge in [-0.05, 0) is 54.1 Å². The smallest absolute Gasteiger partial charge is 0.248 e. The van der Waals surface area contributed by atoms with Crippen LogP contribution in [0.2, 0.25) is 5.02 Å². The molecule has 0 aliphatic heterocycles. The van der Waals surface area contributed by atoms with Gasteiger partial charge >= 0.3 is 0 Å². The highest BCUT2D eigenvalue weighted by Gasteiger charge is 2.12. The van der Waals surface area contributed by atoms with Crippen LogP contribution in [-0.2, 0) is 4.79 Å². The lowest BCUT2D eigenvalue weighted by molar-refractivity contribution is -0.111. The number of nitrogens with zero attached hydrogens (tertiary/aromatic N) is 1. The summed E-state index contributed by atoms with van der Waals surface area (Å²) < 4.78 is 1.04. The molecule has 0 aliphatic carbocycles. The van der Waals surface area contributed by atoms with Crippen LogP contribution in [0.4, 0.5) is 5.69 Å². The van der Waals surface area contributed by atoms with Gasteiger partial charge in [0.25, 0.3) is 0 Å². The molecule has 0 fully saturated rings. The molecule has 4 aromatic rings. The van der Waals surface area contributed by atoms with E-state index in [0.29, 0.717) is 21.3 Å². The van der Waals surface area contributed by atoms with Gasteiger partial charge in [-0.3, -0.25) is 4.79 Å². The second-order valence-corrected chi connectivity index (χ2v) is 7.56. The second kappa shape index (κ2) is 7.84. The van der Waals surface area contributed by atoms with E-state index in [4.69, 9.17) is 11.6 Å². The summed E-state index contributed by atoms with van der Waals surface area (Å²) in [7, 11) is 0. The largest absolute Gasteiger partial charge is 0.507 e. The van der Waals surface area contributed by atoms with Gasteiger partial charge in [-0.25, -0.2) is 4.98 Å². The van der Waals surface area contributed by atoms with Crippen molar-refractivity contribution in [3.05, 3.63) is 83.4 Å². The predicted molar refractivity (Wildman–Crippen MR) is 116 cm³/mol. The van der Waals surface area contributed by atoms with Crippen molar-refractivity contribution in [3.63, 3.8) is 0 Å². The van der Waals surface area contributed by atoms with Crippen LogP contribution in [0.3, 0.4) is 0 Å². The molecule has 0 bridgehead atoms. The standard InChI is InChI=1S/C22H15ClN2O2S/c23-15-8-5-14(6-9-15)7-12-21(27)24-16-10-11-19(26)17(13-16)22-25-18-3-1-2-4-20(18)28-22/h1-13,26H,(H,24,27)/b12-7+. The van der Waals surface area contributed by atoms with E-state index in [1.165, 1.54) is 17.4 Å². The van der Waals surface area contributed by atoms with E-state index in [1.54, 1.807) is 36.4 Å². The van der Waals surface area contributed by atoms with Gasteiger partial charge in [0, 0.05) is 16.8 Å². The average Bonchev–Trinajstić information content (AvgIpc) is 3.13. The fraction of sp³-hybridized carbons (Fsp3) is 0. The van der Waals surface area contributed by atoms with E-state index in [9.17, 15) is 9.90 Å². The summed E-state index contributed by atoms with van der Waals surface area (Å²) in [4.78, 5) is 16.8. The van der Waals surface area contributed by atoms with Gasteiger partial charge in [-0.1, -0.05) is 35.9 Å². The number of aromatic hydroxyl groups is 1. The Morgan fingerprint density at radius 1 is 1.07 bits per heavy atom. The van der Waals surface area contributed by atoms with Crippen molar-refractivity contribution in [2.75, 3.05) is 5.32 Å². The summed E-state index contributed by atoms with van der Waals surface area (Å²) in [6.07, 6.45) is 3.16. The number of hydrogen-bond acceptors (Lipinski definition) is 4. The maximum absolute atomic E-state index is 12.2. The first-order valence-electron chi connectivity index (χ1n) is 8.52. The molecule has 0 saturated heterocycles. The van der Waals surface area contributed by atoms with Crippen molar-refractivity contribution in [3.8, 4) is 16.3 Å². The highest BCUT2D eigenvalue weighted by molar-refractivity contribution is 7.21. The van der Waals surface area contributed by atoms with Gasteiger partial charge in [0.15, 0.2) is 0 Å². The monoisotopic (exact) mass is 406 g/mol. The zero-order valence-electron chi connectivity index (χ0n) is 14.6. The number of carbonyl (C=O) groups excluding carboxylic acids is 1. The van der Waals surface area contributed by atoms with Crippen molar-refractivity contribution < 1.29 is 9.90 Å². The average molecular weight is 407 g/mol. The number of nitrogens with one attached hydrogen (secondary N) is 1. The summed E-state index contributed by atoms with van der Waals surface area (Å²) in [6.45, 7) is 0. The molecule has 0 radical (unpaired) electrons. The molecule has 0 saturated carbocycles. The minimum atomic E-state index is -0.268. The lowest BCUT2D eigenvalue weighted by Gasteiger charge is -2.06. The summed E-state index contributed by atoms with van der Waals surface area (Å²) >= 11 is 7.35. The van der Waals surface area contributed by atoms with Crippen LogP contribution >= 0.6 is 22.9 Å². The number of para-hydroxylation sites is 1. The number of phenolic OH excluding ortho intramolecular Hbond substituents is 1. The molecule has 1 amide bonds. The van der Waals surface area contributed by atoms with E-state index in [1.807, 2.05) is 36.4 Å². The Balaban J connectivity index is 1.55. The molecule has 28 heavy (non-hydrogen) atoms. The van der Waals surface area contributed by atoms with Gasteiger partial charge in [0.05, 0.1) is 15.8 Å². The summed E-state index contributed by atoms with van der Waals surface area (Å²) in [5.74, 6) is -0.148. The number of halogens is 1. The topological polar surface area (TPSA) is 62.2 Å². The highest BCUT2D eigenvalue weighted by atomic mass is 35.5. The van der Waals surface area contributed by atoms with E-state index in [0.717, 1.165) is 15.8 Å². The first-order chi connectivity index (χ1) is 13.6. The van der Waals surface area contributed by atoms with Crippen LogP contribution < -0.4 is 5.32 Å². The van der Waals surface area contributed by atoms with Crippen molar-refractivity contribution in [1.82, 2.24) is 4.98 Å². The highest BCUT2D eigenvalue weighted by Crippen LogP contribution is 2.36. The molecule has 4 nitrogen and oxygen atoms in total. The van der Waals surface area contributed by atoms with Crippen molar-refractivity contribution in [1.29, 1.82) is 0 Å². The Morgan fingerprint density at radius 3 is 2.64 bits per heavy atom. The number of anilines is 1. The van der Waals surface area contributed by atoms with Crippen LogP contribution in [0.1, 0.15) is 5.56 Å². The number of rotatable bonds is 4. The summed E-state index contributed by atoms with van der Waals surface area (Å²) in [5.41, 5.74) is 2.92. The summed E-state index contributed by atoms with van der Waals surface area (Å²) in [5, 5.41) is 14.4. The fourth-order valence-electron chi connectivity index (χ4n) is 2.70. The summed E-state index contributed by atoms with van der Waals surface area (Å²) in [6, 6.07) is 19.9. The Morgan fingerprint density at radius 2 is 1.86 bits per heavy atom. The number of amides is 1. The van der Waals surface area contributed by atoms with Crippen LogP contribution in [0.25, 0.3) is 26.9 Å². The van der Waals surface area contributed by atoms with Crippen LogP contribution in [-0.4, -0.2) is 16.0 Å². The number of aromatic nitrogens is 1. The van der Waals surface area contributed by atoms with E-state index >= 15 is 0 Å². The Bertz CT molecular complexity index is 1150. The maximum atomic E-state index is 12.2. The molecule has 0 aliphatic rings. The van der Waals surface area contributed by atoms with Crippen molar-refractivity contribution in [2.24, 2.45) is 0 Å². The van der Waals surface area contributed by atoms with Crippen LogP contribution in [0, 0.1) is 0 Å². The maximum Gasteiger partial charge on any atom is 0.248 e. The van der Waals surface area contributed by atoms with Crippen molar-refractivity contribution >= 4 is 50.8 Å². The van der Waals surface area contributed by atoms with Crippen LogP contribution in [0.5, 0.6) is 5.75 Å². The second-order valence-electron chi connectivity index (χ2n) is 6.09. The molecule has 0 unspecified atom stereocenters. The third-order valence-electron chi connectivity index (χ3n) is 4.09. The normalized spacial score (nSPS) is 11.2. The number of fused-ring (bicyclic) bond motifs is 1. The predicted octanol–water partition coefficient (Wildman–Crippen LogP) is 5.97. The molecule has 3 aromatic carbocycles. The molecule has 0 atom stereocenters. The number of thiazole rings is 1. The van der Waals surface area contributed by atoms with E-state index in [2.05, 4.69) is 10.3 Å². The molecule has 1 aromatic heterocycles. The van der Waals surface area contributed by atoms with Gasteiger partial charge in [0.2, 0.25) is 5.91 Å². The molecular formula is C22H15ClN2O2S. The molecule has 6 heteroatoms. The number of phenols is 1. The molecular weight excluding hydrogens is 392 g/mol. The molecule has 4 rings (SSSR count). The van der Waals surface area contributed by atoms with Crippen LogP contribution in [0.15, 0.2) is 72.8 Å². The lowest BCUT2D eigenvalue weighted by Crippen LogP contribution is -2.07. The van der Waals surface area contributed by atoms with Crippen molar-refractivity contribution in [2.45, 2.75) is 0 Å². The molecule has 2 N–H and O–H groups in total. The van der Waals surface area contributed by atoms with E-state index in [-0.39, 0.29) is 11.7 Å². The van der Waals surface area contributed by atoms with Gasteiger partial charge in [0.1, 0.15) is 10.8 Å². The molecule has 138 valence electrons. The molecule has 0 spiro atoms. The Hall–Kier alpha value is -3.15. The zero-order valence-corrected chi connectivity index (χ0v) is 16.2. The minimum Gasteiger partial charge on any atom is -0.507 e. The Labute approximate surface area is 170 Å².